The minimum atomic E-state index is -4.49. The number of benzene rings is 1. The fourth-order valence-corrected chi connectivity index (χ4v) is 2.95. The van der Waals surface area contributed by atoms with Crippen molar-refractivity contribution in [3.8, 4) is 11.4 Å². The van der Waals surface area contributed by atoms with Crippen LogP contribution in [0, 0.1) is 6.92 Å². The molecule has 0 spiro atoms. The summed E-state index contributed by atoms with van der Waals surface area (Å²) in [4.78, 5) is 17.1. The largest absolute Gasteiger partial charge is 0.416 e. The van der Waals surface area contributed by atoms with E-state index in [1.165, 1.54) is 25.5 Å². The molecule has 0 N–H and O–H groups in total. The first kappa shape index (κ1) is 20.0. The number of amides is 1. The molecule has 1 aliphatic heterocycles. The molecular weight excluding hydrogens is 383 g/mol. The highest BCUT2D eigenvalue weighted by Gasteiger charge is 2.36. The van der Waals surface area contributed by atoms with Crippen LogP contribution >= 0.6 is 0 Å². The zero-order chi connectivity index (χ0) is 20.5. The first-order valence-electron chi connectivity index (χ1n) is 8.49. The van der Waals surface area contributed by atoms with Crippen molar-refractivity contribution in [2.45, 2.75) is 31.9 Å². The Morgan fingerprint density at radius 3 is 2.68 bits per heavy atom. The number of hydrogen-bond acceptors (Lipinski definition) is 3. The van der Waals surface area contributed by atoms with E-state index in [2.05, 4.69) is 10.1 Å². The van der Waals surface area contributed by atoms with Gasteiger partial charge in [0.25, 0.3) is 5.92 Å². The van der Waals surface area contributed by atoms with E-state index in [4.69, 9.17) is 0 Å². The molecule has 0 aliphatic carbocycles. The van der Waals surface area contributed by atoms with Crippen molar-refractivity contribution >= 4 is 12.1 Å². The lowest BCUT2D eigenvalue weighted by molar-refractivity contribution is -0.137. The molecule has 2 aromatic rings. The molecule has 0 saturated carbocycles. The van der Waals surface area contributed by atoms with E-state index in [-0.39, 0.29) is 30.8 Å². The van der Waals surface area contributed by atoms with Gasteiger partial charge >= 0.3 is 6.18 Å². The molecule has 3 rings (SSSR count). The summed E-state index contributed by atoms with van der Waals surface area (Å²) in [5, 5.41) is 4.02. The van der Waals surface area contributed by atoms with Crippen LogP contribution in [0.15, 0.2) is 30.6 Å². The van der Waals surface area contributed by atoms with Crippen molar-refractivity contribution in [3.05, 3.63) is 41.7 Å². The van der Waals surface area contributed by atoms with Crippen LogP contribution in [0.1, 0.15) is 24.0 Å². The summed E-state index contributed by atoms with van der Waals surface area (Å²) < 4.78 is 66.8. The van der Waals surface area contributed by atoms with Gasteiger partial charge in [-0.3, -0.25) is 4.79 Å². The molecular formula is C18H17F5N4O. The van der Waals surface area contributed by atoms with E-state index in [0.29, 0.717) is 5.56 Å². The van der Waals surface area contributed by atoms with Gasteiger partial charge in [0.2, 0.25) is 5.91 Å². The first-order chi connectivity index (χ1) is 13.0. The van der Waals surface area contributed by atoms with Gasteiger partial charge in [0.1, 0.15) is 6.33 Å². The summed E-state index contributed by atoms with van der Waals surface area (Å²) in [7, 11) is 0. The summed E-state index contributed by atoms with van der Waals surface area (Å²) in [6, 6.07) is 3.48. The topological polar surface area (TPSA) is 51.0 Å². The normalized spacial score (nSPS) is 17.3. The lowest BCUT2D eigenvalue weighted by atomic mass is 10.1. The Balaban J connectivity index is 1.75. The maximum atomic E-state index is 13.4. The average molecular weight is 400 g/mol. The number of aromatic nitrogens is 3. The maximum absolute atomic E-state index is 13.4. The maximum Gasteiger partial charge on any atom is 0.416 e. The highest BCUT2D eigenvalue weighted by molar-refractivity contribution is 5.90. The molecule has 0 unspecified atom stereocenters. The van der Waals surface area contributed by atoms with Gasteiger partial charge in [-0.1, -0.05) is 0 Å². The van der Waals surface area contributed by atoms with E-state index >= 15 is 0 Å². The smallest absolute Gasteiger partial charge is 0.333 e. The standard InChI is InChI=1S/C18H17F5N4O/c1-12-7-13(9-14(8-12)18(21,22)23)16-24-11-27(25-16)6-3-15(28)26-5-2-4-17(19,20)10-26/h3,6-9,11H,2,4-5,10H2,1H3/b6-3-. The number of halogens is 5. The number of alkyl halides is 5. The van der Waals surface area contributed by atoms with Crippen molar-refractivity contribution in [1.82, 2.24) is 19.7 Å². The molecule has 1 aromatic heterocycles. The van der Waals surface area contributed by atoms with Gasteiger partial charge in [0.05, 0.1) is 12.1 Å². The van der Waals surface area contributed by atoms with Gasteiger partial charge < -0.3 is 4.90 Å². The van der Waals surface area contributed by atoms with Gasteiger partial charge in [-0.25, -0.2) is 18.4 Å². The number of aryl methyl sites for hydroxylation is 1. The third kappa shape index (κ3) is 4.73. The Labute approximate surface area is 157 Å². The fourth-order valence-electron chi connectivity index (χ4n) is 2.95. The first-order valence-corrected chi connectivity index (χ1v) is 8.49. The van der Waals surface area contributed by atoms with Crippen LogP contribution in [0.2, 0.25) is 0 Å². The van der Waals surface area contributed by atoms with Crippen LogP contribution in [0.5, 0.6) is 0 Å². The number of rotatable bonds is 3. The molecule has 1 fully saturated rings. The van der Waals surface area contributed by atoms with Crippen molar-refractivity contribution in [3.63, 3.8) is 0 Å². The molecule has 1 saturated heterocycles. The SMILES string of the molecule is Cc1cc(-c2ncn(/C=C\C(=O)N3CCCC(F)(F)C3)n2)cc(C(F)(F)F)c1. The van der Waals surface area contributed by atoms with Gasteiger partial charge in [-0.2, -0.15) is 13.2 Å². The van der Waals surface area contributed by atoms with Crippen LogP contribution in [-0.2, 0) is 11.0 Å². The Kier molecular flexibility index (Phi) is 5.22. The number of piperidine rings is 1. The number of likely N-dealkylation sites (tertiary alicyclic amines) is 1. The molecule has 0 radical (unpaired) electrons. The van der Waals surface area contributed by atoms with Crippen LogP contribution in [0.4, 0.5) is 22.0 Å². The van der Waals surface area contributed by atoms with Crippen molar-refractivity contribution in [2.24, 2.45) is 0 Å². The Bertz CT molecular complexity index is 904. The van der Waals surface area contributed by atoms with E-state index in [0.717, 1.165) is 27.8 Å². The zero-order valence-electron chi connectivity index (χ0n) is 14.9. The predicted molar refractivity (Wildman–Crippen MR) is 91.3 cm³/mol. The Morgan fingerprint density at radius 2 is 2.00 bits per heavy atom. The minimum Gasteiger partial charge on any atom is -0.333 e. The van der Waals surface area contributed by atoms with Crippen molar-refractivity contribution in [2.75, 3.05) is 13.1 Å². The molecule has 28 heavy (non-hydrogen) atoms. The zero-order valence-corrected chi connectivity index (χ0v) is 14.9. The van der Waals surface area contributed by atoms with Gasteiger partial charge in [-0.05, 0) is 37.1 Å². The third-order valence-corrected chi connectivity index (χ3v) is 4.25. The summed E-state index contributed by atoms with van der Waals surface area (Å²) in [6.07, 6.45) is -0.993. The van der Waals surface area contributed by atoms with Crippen molar-refractivity contribution in [1.29, 1.82) is 0 Å². The van der Waals surface area contributed by atoms with Crippen molar-refractivity contribution < 1.29 is 26.7 Å². The molecule has 1 amide bonds. The van der Waals surface area contributed by atoms with Crippen LogP contribution in [-0.4, -0.2) is 44.6 Å². The summed E-state index contributed by atoms with van der Waals surface area (Å²) in [5.74, 6) is -3.44. The van der Waals surface area contributed by atoms with Gasteiger partial charge in [0, 0.05) is 30.8 Å². The third-order valence-electron chi connectivity index (χ3n) is 4.25. The van der Waals surface area contributed by atoms with Crippen LogP contribution < -0.4 is 0 Å². The minimum absolute atomic E-state index is 0.0517. The number of carbonyl (C=O) groups is 1. The number of carbonyl (C=O) groups excluding carboxylic acids is 1. The molecule has 0 atom stereocenters. The molecule has 1 aliphatic rings. The number of hydrogen-bond donors (Lipinski definition) is 0. The Hall–Kier alpha value is -2.78. The molecule has 150 valence electrons. The quantitative estimate of drug-likeness (QED) is 0.578. The van der Waals surface area contributed by atoms with Crippen LogP contribution in [0.3, 0.4) is 0 Å². The highest BCUT2D eigenvalue weighted by atomic mass is 19.4. The second-order valence-electron chi connectivity index (χ2n) is 6.67. The lowest BCUT2D eigenvalue weighted by Crippen LogP contribution is -2.45. The van der Waals surface area contributed by atoms with E-state index < -0.39 is 30.1 Å². The van der Waals surface area contributed by atoms with Gasteiger partial charge in [0.15, 0.2) is 5.82 Å². The summed E-state index contributed by atoms with van der Waals surface area (Å²) >= 11 is 0. The lowest BCUT2D eigenvalue weighted by Gasteiger charge is -2.31. The van der Waals surface area contributed by atoms with E-state index in [9.17, 15) is 26.7 Å². The predicted octanol–water partition coefficient (Wildman–Crippen LogP) is 4.00. The second-order valence-corrected chi connectivity index (χ2v) is 6.67. The van der Waals surface area contributed by atoms with E-state index in [1.807, 2.05) is 0 Å². The molecule has 10 heteroatoms. The van der Waals surface area contributed by atoms with Gasteiger partial charge in [-0.15, -0.1) is 5.10 Å². The Morgan fingerprint density at radius 1 is 1.25 bits per heavy atom. The molecule has 0 bridgehead atoms. The summed E-state index contributed by atoms with van der Waals surface area (Å²) in [5.41, 5.74) is -0.227. The van der Waals surface area contributed by atoms with Crippen LogP contribution in [0.25, 0.3) is 17.6 Å². The average Bonchev–Trinajstić information content (AvgIpc) is 3.06. The second kappa shape index (κ2) is 7.33. The molecule has 1 aromatic carbocycles. The molecule has 2 heterocycles. The number of nitrogens with zero attached hydrogens (tertiary/aromatic N) is 4. The monoisotopic (exact) mass is 400 g/mol. The fraction of sp³-hybridized carbons (Fsp3) is 0.389. The molecule has 5 nitrogen and oxygen atoms in total. The highest BCUT2D eigenvalue weighted by Crippen LogP contribution is 2.32. The summed E-state index contributed by atoms with van der Waals surface area (Å²) in [6.45, 7) is 1.13. The van der Waals surface area contributed by atoms with E-state index in [1.54, 1.807) is 0 Å².